The van der Waals surface area contributed by atoms with Crippen LogP contribution < -0.4 is 16.0 Å². The fourth-order valence-electron chi connectivity index (χ4n) is 0.844. The Kier molecular flexibility index (Phi) is 4.33. The average molecular weight is 229 g/mol. The predicted molar refractivity (Wildman–Crippen MR) is 59.8 cm³/mol. The first-order valence-corrected chi connectivity index (χ1v) is 4.77. The third-order valence-corrected chi connectivity index (χ3v) is 1.87. The largest absolute Gasteiger partial charge is 0.476 e. The van der Waals surface area contributed by atoms with Gasteiger partial charge in [0, 0.05) is 6.42 Å². The van der Waals surface area contributed by atoms with Crippen LogP contribution in [0.15, 0.2) is 18.3 Å². The lowest BCUT2D eigenvalue weighted by molar-refractivity contribution is 0.309. The lowest BCUT2D eigenvalue weighted by atomic mass is 10.3. The summed E-state index contributed by atoms with van der Waals surface area (Å²) in [6.07, 6.45) is 2.19. The Hall–Kier alpha value is -1.33. The molecule has 1 aromatic rings. The standard InChI is InChI=1S/C9H13ClN4O/c1-6(2)3-4-15-8-7(10)5-12-9(13-8)14-11/h5H,1,3-4,11H2,2H3,(H,12,13,14). The van der Waals surface area contributed by atoms with Crippen LogP contribution in [-0.2, 0) is 0 Å². The summed E-state index contributed by atoms with van der Waals surface area (Å²) in [5, 5.41) is 0.357. The summed E-state index contributed by atoms with van der Waals surface area (Å²) in [6, 6.07) is 0. The van der Waals surface area contributed by atoms with Gasteiger partial charge in [-0.3, -0.25) is 5.43 Å². The molecule has 0 atom stereocenters. The van der Waals surface area contributed by atoms with Crippen LogP contribution >= 0.6 is 11.6 Å². The van der Waals surface area contributed by atoms with Gasteiger partial charge in [-0.1, -0.05) is 17.2 Å². The second kappa shape index (κ2) is 5.53. The summed E-state index contributed by atoms with van der Waals surface area (Å²) in [5.74, 6) is 5.75. The SMILES string of the molecule is C=C(C)CCOc1nc(NN)ncc1Cl. The minimum Gasteiger partial charge on any atom is -0.476 e. The van der Waals surface area contributed by atoms with E-state index in [9.17, 15) is 0 Å². The first kappa shape index (κ1) is 11.7. The minimum atomic E-state index is 0.268. The molecule has 0 fully saturated rings. The molecule has 0 spiro atoms. The van der Waals surface area contributed by atoms with Crippen molar-refractivity contribution >= 4 is 17.5 Å². The van der Waals surface area contributed by atoms with Gasteiger partial charge in [-0.2, -0.15) is 4.98 Å². The van der Waals surface area contributed by atoms with Gasteiger partial charge in [0.25, 0.3) is 0 Å². The second-order valence-corrected chi connectivity index (χ2v) is 3.45. The van der Waals surface area contributed by atoms with Crippen LogP contribution in [0.4, 0.5) is 5.95 Å². The van der Waals surface area contributed by atoms with Crippen molar-refractivity contribution in [2.75, 3.05) is 12.0 Å². The van der Waals surface area contributed by atoms with Gasteiger partial charge in [0.2, 0.25) is 11.8 Å². The van der Waals surface area contributed by atoms with E-state index in [4.69, 9.17) is 22.2 Å². The Labute approximate surface area is 93.3 Å². The molecule has 1 heterocycles. The number of nitrogens with zero attached hydrogens (tertiary/aromatic N) is 2. The summed E-state index contributed by atoms with van der Waals surface area (Å²) in [7, 11) is 0. The molecule has 5 nitrogen and oxygen atoms in total. The van der Waals surface area contributed by atoms with Gasteiger partial charge in [0.1, 0.15) is 5.02 Å². The Morgan fingerprint density at radius 3 is 3.07 bits per heavy atom. The quantitative estimate of drug-likeness (QED) is 0.456. The third-order valence-electron chi connectivity index (χ3n) is 1.61. The van der Waals surface area contributed by atoms with Crippen molar-refractivity contribution in [3.63, 3.8) is 0 Å². The number of ether oxygens (including phenoxy) is 1. The minimum absolute atomic E-state index is 0.268. The van der Waals surface area contributed by atoms with Gasteiger partial charge < -0.3 is 4.74 Å². The Morgan fingerprint density at radius 1 is 1.73 bits per heavy atom. The first-order chi connectivity index (χ1) is 7.13. The van der Waals surface area contributed by atoms with Crippen molar-refractivity contribution in [1.82, 2.24) is 9.97 Å². The lowest BCUT2D eigenvalue weighted by Crippen LogP contribution is -2.11. The number of anilines is 1. The molecule has 0 saturated heterocycles. The molecule has 0 bridgehead atoms. The predicted octanol–water partition coefficient (Wildman–Crippen LogP) is 1.76. The molecule has 15 heavy (non-hydrogen) atoms. The second-order valence-electron chi connectivity index (χ2n) is 3.05. The molecule has 6 heteroatoms. The fourth-order valence-corrected chi connectivity index (χ4v) is 0.990. The number of rotatable bonds is 5. The van der Waals surface area contributed by atoms with Crippen molar-refractivity contribution in [2.24, 2.45) is 5.84 Å². The molecule has 0 radical (unpaired) electrons. The molecule has 3 N–H and O–H groups in total. The van der Waals surface area contributed by atoms with Gasteiger partial charge in [-0.15, -0.1) is 6.58 Å². The molecule has 0 saturated carbocycles. The molecule has 0 aliphatic rings. The number of nitrogens with one attached hydrogen (secondary N) is 1. The molecule has 1 rings (SSSR count). The molecular weight excluding hydrogens is 216 g/mol. The van der Waals surface area contributed by atoms with Gasteiger partial charge >= 0.3 is 0 Å². The van der Waals surface area contributed by atoms with Crippen LogP contribution in [0.1, 0.15) is 13.3 Å². The lowest BCUT2D eigenvalue weighted by Gasteiger charge is -2.07. The number of halogens is 1. The van der Waals surface area contributed by atoms with Crippen molar-refractivity contribution in [2.45, 2.75) is 13.3 Å². The number of hydrogen-bond acceptors (Lipinski definition) is 5. The monoisotopic (exact) mass is 228 g/mol. The van der Waals surface area contributed by atoms with E-state index in [2.05, 4.69) is 22.0 Å². The third kappa shape index (κ3) is 3.73. The summed E-state index contributed by atoms with van der Waals surface area (Å²) >= 11 is 5.83. The summed E-state index contributed by atoms with van der Waals surface area (Å²) in [4.78, 5) is 7.78. The van der Waals surface area contributed by atoms with Gasteiger partial charge in [0.05, 0.1) is 12.8 Å². The van der Waals surface area contributed by atoms with Crippen molar-refractivity contribution < 1.29 is 4.74 Å². The molecule has 1 aromatic heterocycles. The maximum Gasteiger partial charge on any atom is 0.240 e. The van der Waals surface area contributed by atoms with Crippen LogP contribution in [0.3, 0.4) is 0 Å². The molecule has 82 valence electrons. The number of hydrazine groups is 1. The maximum atomic E-state index is 5.83. The summed E-state index contributed by atoms with van der Waals surface area (Å²) in [6.45, 7) is 6.17. The topological polar surface area (TPSA) is 73.1 Å². The molecule has 0 aliphatic carbocycles. The molecular formula is C9H13ClN4O. The molecule has 0 unspecified atom stereocenters. The highest BCUT2D eigenvalue weighted by atomic mass is 35.5. The van der Waals surface area contributed by atoms with Crippen molar-refractivity contribution in [3.05, 3.63) is 23.4 Å². The molecule has 0 amide bonds. The van der Waals surface area contributed by atoms with Crippen molar-refractivity contribution in [3.8, 4) is 5.88 Å². The highest BCUT2D eigenvalue weighted by molar-refractivity contribution is 6.31. The Bertz CT molecular complexity index is 356. The molecule has 0 aliphatic heterocycles. The van der Waals surface area contributed by atoms with E-state index < -0.39 is 0 Å². The van der Waals surface area contributed by atoms with Crippen molar-refractivity contribution in [1.29, 1.82) is 0 Å². The number of nitrogen functional groups attached to an aromatic ring is 1. The van der Waals surface area contributed by atoms with Crippen LogP contribution in [0.2, 0.25) is 5.02 Å². The number of hydrogen-bond donors (Lipinski definition) is 2. The highest BCUT2D eigenvalue weighted by Gasteiger charge is 2.05. The van der Waals surface area contributed by atoms with Gasteiger partial charge in [-0.05, 0) is 6.92 Å². The van der Waals surface area contributed by atoms with Crippen LogP contribution in [0, 0.1) is 0 Å². The Balaban J connectivity index is 2.62. The molecule has 0 aromatic carbocycles. The van der Waals surface area contributed by atoms with E-state index in [1.807, 2.05) is 6.92 Å². The van der Waals surface area contributed by atoms with E-state index >= 15 is 0 Å². The Morgan fingerprint density at radius 2 is 2.47 bits per heavy atom. The number of nitrogens with two attached hydrogens (primary N) is 1. The normalized spacial score (nSPS) is 9.80. The zero-order chi connectivity index (χ0) is 11.3. The first-order valence-electron chi connectivity index (χ1n) is 4.40. The van der Waals surface area contributed by atoms with Crippen LogP contribution in [0.25, 0.3) is 0 Å². The summed E-state index contributed by atoms with van der Waals surface area (Å²) in [5.41, 5.74) is 3.35. The summed E-state index contributed by atoms with van der Waals surface area (Å²) < 4.78 is 5.35. The zero-order valence-electron chi connectivity index (χ0n) is 8.46. The number of aromatic nitrogens is 2. The average Bonchev–Trinajstić information content (AvgIpc) is 2.20. The van der Waals surface area contributed by atoms with E-state index in [-0.39, 0.29) is 5.95 Å². The van der Waals surface area contributed by atoms with Crippen LogP contribution in [0.5, 0.6) is 5.88 Å². The van der Waals surface area contributed by atoms with Gasteiger partial charge in [-0.25, -0.2) is 10.8 Å². The highest BCUT2D eigenvalue weighted by Crippen LogP contribution is 2.21. The van der Waals surface area contributed by atoms with E-state index in [1.165, 1.54) is 6.20 Å². The van der Waals surface area contributed by atoms with Gasteiger partial charge in [0.15, 0.2) is 0 Å². The fraction of sp³-hybridized carbons (Fsp3) is 0.333. The van der Waals surface area contributed by atoms with E-state index in [0.29, 0.717) is 17.5 Å². The smallest absolute Gasteiger partial charge is 0.240 e. The maximum absolute atomic E-state index is 5.83. The zero-order valence-corrected chi connectivity index (χ0v) is 9.21. The van der Waals surface area contributed by atoms with E-state index in [0.717, 1.165) is 12.0 Å². The van der Waals surface area contributed by atoms with E-state index in [1.54, 1.807) is 0 Å². The van der Waals surface area contributed by atoms with Crippen LogP contribution in [-0.4, -0.2) is 16.6 Å².